The Balaban J connectivity index is 1.51. The molecule has 1 aromatic carbocycles. The first-order chi connectivity index (χ1) is 11.7. The number of piperidine rings is 1. The van der Waals surface area contributed by atoms with E-state index in [1.807, 2.05) is 18.2 Å². The van der Waals surface area contributed by atoms with Gasteiger partial charge in [0.15, 0.2) is 0 Å². The van der Waals surface area contributed by atoms with E-state index >= 15 is 0 Å². The van der Waals surface area contributed by atoms with Gasteiger partial charge in [0, 0.05) is 31.1 Å². The zero-order chi connectivity index (χ0) is 16.5. The fourth-order valence-electron chi connectivity index (χ4n) is 4.56. The van der Waals surface area contributed by atoms with Crippen molar-refractivity contribution in [2.45, 2.75) is 44.2 Å². The van der Waals surface area contributed by atoms with Crippen LogP contribution in [-0.2, 0) is 11.2 Å². The second-order valence-corrected chi connectivity index (χ2v) is 7.18. The lowest BCUT2D eigenvalue weighted by molar-refractivity contribution is -0.144. The highest BCUT2D eigenvalue weighted by atomic mass is 16.5. The third kappa shape index (κ3) is 2.91. The fraction of sp³-hybridized carbons (Fsp3) is 0.632. The Hall–Kier alpha value is -1.59. The molecule has 0 saturated carbocycles. The molecule has 3 heterocycles. The summed E-state index contributed by atoms with van der Waals surface area (Å²) >= 11 is 0. The minimum atomic E-state index is -0.765. The van der Waals surface area contributed by atoms with Crippen molar-refractivity contribution in [1.29, 1.82) is 0 Å². The molecular weight excluding hydrogens is 304 g/mol. The second-order valence-electron chi connectivity index (χ2n) is 7.18. The molecule has 130 valence electrons. The Morgan fingerprint density at radius 2 is 1.92 bits per heavy atom. The van der Waals surface area contributed by atoms with E-state index in [2.05, 4.69) is 9.80 Å². The standard InChI is InChI=1S/C19H26N2O3/c22-19(23)17(16-5-3-4-14-8-13-24-18(14)16)21-11-6-15(7-12-21)20-9-1-2-10-20/h3-5,15,17H,1-2,6-13H2,(H,22,23)/t17-/m0/s1. The van der Waals surface area contributed by atoms with Gasteiger partial charge in [-0.15, -0.1) is 0 Å². The number of fused-ring (bicyclic) bond motifs is 1. The van der Waals surface area contributed by atoms with Crippen LogP contribution in [0, 0.1) is 0 Å². The summed E-state index contributed by atoms with van der Waals surface area (Å²) in [4.78, 5) is 16.8. The Labute approximate surface area is 143 Å². The summed E-state index contributed by atoms with van der Waals surface area (Å²) in [6.45, 7) is 4.79. The van der Waals surface area contributed by atoms with Crippen molar-refractivity contribution in [3.8, 4) is 5.75 Å². The molecule has 0 bridgehead atoms. The summed E-state index contributed by atoms with van der Waals surface area (Å²) in [5.41, 5.74) is 1.97. The third-order valence-corrected chi connectivity index (χ3v) is 5.79. The summed E-state index contributed by atoms with van der Waals surface area (Å²) in [6.07, 6.45) is 5.64. The van der Waals surface area contributed by atoms with Crippen LogP contribution in [0.4, 0.5) is 0 Å². The molecule has 4 rings (SSSR count). The monoisotopic (exact) mass is 330 g/mol. The van der Waals surface area contributed by atoms with E-state index in [1.165, 1.54) is 25.9 Å². The minimum Gasteiger partial charge on any atom is -0.493 e. The Kier molecular flexibility index (Phi) is 4.46. The molecule has 24 heavy (non-hydrogen) atoms. The van der Waals surface area contributed by atoms with E-state index in [-0.39, 0.29) is 0 Å². The highest BCUT2D eigenvalue weighted by Gasteiger charge is 2.35. The Morgan fingerprint density at radius 1 is 1.17 bits per heavy atom. The number of aliphatic carboxylic acids is 1. The quantitative estimate of drug-likeness (QED) is 0.918. The van der Waals surface area contributed by atoms with Gasteiger partial charge in [-0.25, -0.2) is 0 Å². The molecule has 3 aliphatic heterocycles. The van der Waals surface area contributed by atoms with E-state index in [4.69, 9.17) is 4.74 Å². The summed E-state index contributed by atoms with van der Waals surface area (Å²) < 4.78 is 5.76. The first kappa shape index (κ1) is 15.9. The largest absolute Gasteiger partial charge is 0.493 e. The van der Waals surface area contributed by atoms with Crippen LogP contribution in [0.1, 0.15) is 42.9 Å². The zero-order valence-corrected chi connectivity index (χ0v) is 14.1. The van der Waals surface area contributed by atoms with Crippen molar-refractivity contribution in [3.05, 3.63) is 29.3 Å². The van der Waals surface area contributed by atoms with E-state index in [0.717, 1.165) is 49.2 Å². The fourth-order valence-corrected chi connectivity index (χ4v) is 4.56. The number of carboxylic acids is 1. The number of rotatable bonds is 4. The number of likely N-dealkylation sites (tertiary alicyclic amines) is 2. The van der Waals surface area contributed by atoms with Crippen molar-refractivity contribution in [3.63, 3.8) is 0 Å². The molecule has 1 N–H and O–H groups in total. The molecule has 0 aliphatic carbocycles. The molecule has 2 fully saturated rings. The molecule has 1 aromatic rings. The summed E-state index contributed by atoms with van der Waals surface area (Å²) in [7, 11) is 0. The predicted molar refractivity (Wildman–Crippen MR) is 91.4 cm³/mol. The second kappa shape index (κ2) is 6.73. The van der Waals surface area contributed by atoms with E-state index in [9.17, 15) is 9.90 Å². The average Bonchev–Trinajstić information content (AvgIpc) is 3.27. The van der Waals surface area contributed by atoms with Crippen LogP contribution in [0.25, 0.3) is 0 Å². The molecule has 2 saturated heterocycles. The minimum absolute atomic E-state index is 0.586. The number of carboxylic acid groups (broad SMARTS) is 1. The number of carbonyl (C=O) groups is 1. The first-order valence-corrected chi connectivity index (χ1v) is 9.19. The van der Waals surface area contributed by atoms with Gasteiger partial charge in [-0.1, -0.05) is 18.2 Å². The average molecular weight is 330 g/mol. The van der Waals surface area contributed by atoms with Gasteiger partial charge in [0.1, 0.15) is 11.8 Å². The topological polar surface area (TPSA) is 53.0 Å². The van der Waals surface area contributed by atoms with Crippen LogP contribution < -0.4 is 4.74 Å². The molecule has 0 spiro atoms. The summed E-state index contributed by atoms with van der Waals surface area (Å²) in [6, 6.07) is 5.99. The molecular formula is C19H26N2O3. The van der Waals surface area contributed by atoms with Gasteiger partial charge in [-0.2, -0.15) is 0 Å². The molecule has 5 nitrogen and oxygen atoms in total. The zero-order valence-electron chi connectivity index (χ0n) is 14.1. The number of ether oxygens (including phenoxy) is 1. The molecule has 0 aromatic heterocycles. The highest BCUT2D eigenvalue weighted by Crippen LogP contribution is 2.37. The normalized spacial score (nSPS) is 23.8. The number of benzene rings is 1. The van der Waals surface area contributed by atoms with E-state index in [1.54, 1.807) is 0 Å². The van der Waals surface area contributed by atoms with Crippen LogP contribution >= 0.6 is 0 Å². The summed E-state index contributed by atoms with van der Waals surface area (Å²) in [5.74, 6) is 0.0464. The van der Waals surface area contributed by atoms with Crippen LogP contribution in [0.5, 0.6) is 5.75 Å². The van der Waals surface area contributed by atoms with Crippen molar-refractivity contribution in [2.75, 3.05) is 32.8 Å². The van der Waals surface area contributed by atoms with Gasteiger partial charge in [-0.3, -0.25) is 9.69 Å². The van der Waals surface area contributed by atoms with Crippen molar-refractivity contribution < 1.29 is 14.6 Å². The lowest BCUT2D eigenvalue weighted by Crippen LogP contribution is -2.46. The van der Waals surface area contributed by atoms with E-state index < -0.39 is 12.0 Å². The first-order valence-electron chi connectivity index (χ1n) is 9.19. The molecule has 0 unspecified atom stereocenters. The van der Waals surface area contributed by atoms with Crippen molar-refractivity contribution in [1.82, 2.24) is 9.80 Å². The lowest BCUT2D eigenvalue weighted by Gasteiger charge is -2.39. The van der Waals surface area contributed by atoms with Crippen molar-refractivity contribution >= 4 is 5.97 Å². The molecule has 0 radical (unpaired) electrons. The Bertz CT molecular complexity index is 605. The maximum Gasteiger partial charge on any atom is 0.325 e. The van der Waals surface area contributed by atoms with Gasteiger partial charge >= 0.3 is 5.97 Å². The summed E-state index contributed by atoms with van der Waals surface area (Å²) in [5, 5.41) is 9.88. The molecule has 5 heteroatoms. The van der Waals surface area contributed by atoms with Crippen LogP contribution in [0.15, 0.2) is 18.2 Å². The lowest BCUT2D eigenvalue weighted by atomic mass is 9.96. The highest BCUT2D eigenvalue weighted by molar-refractivity contribution is 5.77. The molecule has 0 amide bonds. The smallest absolute Gasteiger partial charge is 0.325 e. The van der Waals surface area contributed by atoms with Gasteiger partial charge in [0.25, 0.3) is 0 Å². The van der Waals surface area contributed by atoms with Gasteiger partial charge in [-0.05, 0) is 44.3 Å². The maximum atomic E-state index is 12.0. The van der Waals surface area contributed by atoms with Crippen LogP contribution in [-0.4, -0.2) is 59.7 Å². The van der Waals surface area contributed by atoms with Gasteiger partial charge in [0.05, 0.1) is 6.61 Å². The Morgan fingerprint density at radius 3 is 2.62 bits per heavy atom. The number of para-hydroxylation sites is 1. The predicted octanol–water partition coefficient (Wildman–Crippen LogP) is 2.31. The SMILES string of the molecule is O=C(O)[C@H](c1cccc2c1OCC2)N1CCC(N2CCCC2)CC1. The molecule has 3 aliphatic rings. The molecule has 1 atom stereocenters. The number of nitrogens with zero attached hydrogens (tertiary/aromatic N) is 2. The third-order valence-electron chi connectivity index (χ3n) is 5.79. The van der Waals surface area contributed by atoms with Gasteiger partial charge < -0.3 is 14.7 Å². The van der Waals surface area contributed by atoms with Gasteiger partial charge in [0.2, 0.25) is 0 Å². The van der Waals surface area contributed by atoms with E-state index in [0.29, 0.717) is 12.6 Å². The number of hydrogen-bond donors (Lipinski definition) is 1. The van der Waals surface area contributed by atoms with Crippen LogP contribution in [0.3, 0.4) is 0 Å². The maximum absolute atomic E-state index is 12.0. The van der Waals surface area contributed by atoms with Crippen molar-refractivity contribution in [2.24, 2.45) is 0 Å². The number of hydrogen-bond acceptors (Lipinski definition) is 4. The van der Waals surface area contributed by atoms with Crippen LogP contribution in [0.2, 0.25) is 0 Å².